The average Bonchev–Trinajstić information content (AvgIpc) is 3.03. The van der Waals surface area contributed by atoms with Crippen LogP contribution in [0.2, 0.25) is 5.02 Å². The highest BCUT2D eigenvalue weighted by atomic mass is 35.5. The molecule has 0 aliphatic rings. The van der Waals surface area contributed by atoms with E-state index in [2.05, 4.69) is 10.3 Å². The molecule has 3 rings (SSSR count). The molecule has 0 spiro atoms. The number of amides is 2. The van der Waals surface area contributed by atoms with Crippen LogP contribution in [0.25, 0.3) is 10.6 Å². The van der Waals surface area contributed by atoms with E-state index in [0.29, 0.717) is 22.0 Å². The van der Waals surface area contributed by atoms with E-state index in [0.717, 1.165) is 10.6 Å². The van der Waals surface area contributed by atoms with Crippen LogP contribution in [0.4, 0.5) is 5.69 Å². The molecule has 3 aromatic rings. The molecule has 0 aliphatic carbocycles. The molecule has 2 amide bonds. The van der Waals surface area contributed by atoms with Crippen molar-refractivity contribution in [2.75, 3.05) is 5.32 Å². The predicted molar refractivity (Wildman–Crippen MR) is 99.9 cm³/mol. The van der Waals surface area contributed by atoms with Crippen LogP contribution in [0, 0.1) is 0 Å². The van der Waals surface area contributed by atoms with Gasteiger partial charge in [0, 0.05) is 22.2 Å². The van der Waals surface area contributed by atoms with Gasteiger partial charge >= 0.3 is 0 Å². The molecule has 0 unspecified atom stereocenters. The molecule has 2 aromatic carbocycles. The number of nitrogens with two attached hydrogens (primary N) is 1. The standard InChI is InChI=1S/C18H14ClN3O2S/c19-15-7-2-1-6-14(15)18-22-13(10-25-18)9-16(23)21-12-5-3-4-11(8-12)17(20)24/h1-8,10H,9H2,(H2,20,24)(H,21,23). The third-order valence-corrected chi connectivity index (χ3v) is 4.68. The normalized spacial score (nSPS) is 10.4. The Morgan fingerprint density at radius 1 is 1.16 bits per heavy atom. The van der Waals surface area contributed by atoms with E-state index in [-0.39, 0.29) is 12.3 Å². The van der Waals surface area contributed by atoms with Gasteiger partial charge in [0.2, 0.25) is 11.8 Å². The topological polar surface area (TPSA) is 85.1 Å². The molecule has 0 bridgehead atoms. The van der Waals surface area contributed by atoms with Crippen LogP contribution in [-0.2, 0) is 11.2 Å². The van der Waals surface area contributed by atoms with Gasteiger partial charge in [-0.25, -0.2) is 4.98 Å². The zero-order valence-electron chi connectivity index (χ0n) is 13.0. The molecular formula is C18H14ClN3O2S. The van der Waals surface area contributed by atoms with Crippen LogP contribution >= 0.6 is 22.9 Å². The average molecular weight is 372 g/mol. The highest BCUT2D eigenvalue weighted by Gasteiger charge is 2.11. The summed E-state index contributed by atoms with van der Waals surface area (Å²) in [6, 6.07) is 13.9. The van der Waals surface area contributed by atoms with Gasteiger partial charge in [0.1, 0.15) is 5.01 Å². The van der Waals surface area contributed by atoms with Gasteiger partial charge in [-0.1, -0.05) is 35.9 Å². The number of nitrogens with zero attached hydrogens (tertiary/aromatic N) is 1. The van der Waals surface area contributed by atoms with E-state index in [1.807, 2.05) is 23.6 Å². The Bertz CT molecular complexity index is 939. The van der Waals surface area contributed by atoms with Crippen molar-refractivity contribution in [3.63, 3.8) is 0 Å². The SMILES string of the molecule is NC(=O)c1cccc(NC(=O)Cc2csc(-c3ccccc3Cl)n2)c1. The molecule has 5 nitrogen and oxygen atoms in total. The number of hydrogen-bond acceptors (Lipinski definition) is 4. The van der Waals surface area contributed by atoms with Gasteiger partial charge in [-0.2, -0.15) is 0 Å². The van der Waals surface area contributed by atoms with E-state index >= 15 is 0 Å². The summed E-state index contributed by atoms with van der Waals surface area (Å²) in [6.07, 6.45) is 0.127. The number of nitrogens with one attached hydrogen (secondary N) is 1. The first-order chi connectivity index (χ1) is 12.0. The first kappa shape index (κ1) is 17.1. The van der Waals surface area contributed by atoms with Crippen molar-refractivity contribution >= 4 is 40.4 Å². The van der Waals surface area contributed by atoms with Gasteiger partial charge in [0.25, 0.3) is 0 Å². The summed E-state index contributed by atoms with van der Waals surface area (Å²) in [7, 11) is 0. The fraction of sp³-hybridized carbons (Fsp3) is 0.0556. The Balaban J connectivity index is 1.69. The van der Waals surface area contributed by atoms with E-state index in [1.54, 1.807) is 24.3 Å². The summed E-state index contributed by atoms with van der Waals surface area (Å²) in [5, 5.41) is 5.96. The second-order valence-electron chi connectivity index (χ2n) is 5.29. The van der Waals surface area contributed by atoms with E-state index in [4.69, 9.17) is 17.3 Å². The molecule has 25 heavy (non-hydrogen) atoms. The second-order valence-corrected chi connectivity index (χ2v) is 6.56. The predicted octanol–water partition coefficient (Wildman–Crippen LogP) is 3.74. The number of carbonyl (C=O) groups is 2. The van der Waals surface area contributed by atoms with Gasteiger partial charge in [0.15, 0.2) is 0 Å². The Morgan fingerprint density at radius 3 is 2.72 bits per heavy atom. The number of hydrogen-bond donors (Lipinski definition) is 2. The second kappa shape index (κ2) is 7.46. The highest BCUT2D eigenvalue weighted by molar-refractivity contribution is 7.13. The summed E-state index contributed by atoms with van der Waals surface area (Å²) in [5.74, 6) is -0.766. The van der Waals surface area contributed by atoms with Gasteiger partial charge < -0.3 is 11.1 Å². The number of rotatable bonds is 5. The maximum absolute atomic E-state index is 12.2. The fourth-order valence-corrected chi connectivity index (χ4v) is 3.41. The van der Waals surface area contributed by atoms with Gasteiger partial charge in [-0.05, 0) is 24.3 Å². The maximum Gasteiger partial charge on any atom is 0.248 e. The van der Waals surface area contributed by atoms with Crippen molar-refractivity contribution in [1.29, 1.82) is 0 Å². The van der Waals surface area contributed by atoms with Crippen LogP contribution in [0.3, 0.4) is 0 Å². The van der Waals surface area contributed by atoms with Crippen molar-refractivity contribution in [2.45, 2.75) is 6.42 Å². The minimum atomic E-state index is -0.542. The molecule has 126 valence electrons. The summed E-state index contributed by atoms with van der Waals surface area (Å²) >= 11 is 7.61. The molecule has 0 saturated heterocycles. The van der Waals surface area contributed by atoms with Crippen molar-refractivity contribution in [3.05, 3.63) is 70.2 Å². The number of primary amides is 1. The summed E-state index contributed by atoms with van der Waals surface area (Å²) in [4.78, 5) is 27.8. The monoisotopic (exact) mass is 371 g/mol. The van der Waals surface area contributed by atoms with Crippen molar-refractivity contribution in [2.24, 2.45) is 5.73 Å². The lowest BCUT2D eigenvalue weighted by atomic mass is 10.2. The van der Waals surface area contributed by atoms with E-state index in [1.165, 1.54) is 17.4 Å². The molecule has 0 saturated carbocycles. The molecule has 0 radical (unpaired) electrons. The maximum atomic E-state index is 12.2. The minimum absolute atomic E-state index is 0.127. The molecule has 1 heterocycles. The summed E-state index contributed by atoms with van der Waals surface area (Å²) in [6.45, 7) is 0. The molecule has 0 fully saturated rings. The number of carbonyl (C=O) groups excluding carboxylic acids is 2. The highest BCUT2D eigenvalue weighted by Crippen LogP contribution is 2.30. The molecule has 7 heteroatoms. The summed E-state index contributed by atoms with van der Waals surface area (Å²) < 4.78 is 0. The third-order valence-electron chi connectivity index (χ3n) is 3.43. The van der Waals surface area contributed by atoms with Crippen LogP contribution in [-0.4, -0.2) is 16.8 Å². The fourth-order valence-electron chi connectivity index (χ4n) is 2.27. The van der Waals surface area contributed by atoms with Crippen LogP contribution < -0.4 is 11.1 Å². The molecular weight excluding hydrogens is 358 g/mol. The van der Waals surface area contributed by atoms with Crippen molar-refractivity contribution < 1.29 is 9.59 Å². The van der Waals surface area contributed by atoms with Crippen LogP contribution in [0.1, 0.15) is 16.1 Å². The molecule has 3 N–H and O–H groups in total. The zero-order chi connectivity index (χ0) is 17.8. The van der Waals surface area contributed by atoms with E-state index in [9.17, 15) is 9.59 Å². The van der Waals surface area contributed by atoms with Gasteiger partial charge in [0.05, 0.1) is 17.1 Å². The lowest BCUT2D eigenvalue weighted by molar-refractivity contribution is -0.115. The number of aromatic nitrogens is 1. The quantitative estimate of drug-likeness (QED) is 0.716. The largest absolute Gasteiger partial charge is 0.366 e. The van der Waals surface area contributed by atoms with Crippen molar-refractivity contribution in [1.82, 2.24) is 4.98 Å². The Labute approximate surface area is 153 Å². The number of thiazole rings is 1. The molecule has 0 atom stereocenters. The summed E-state index contributed by atoms with van der Waals surface area (Å²) in [5.41, 5.74) is 7.59. The van der Waals surface area contributed by atoms with Crippen LogP contribution in [0.5, 0.6) is 0 Å². The Kier molecular flexibility index (Phi) is 5.11. The van der Waals surface area contributed by atoms with Gasteiger partial charge in [-0.3, -0.25) is 9.59 Å². The number of benzene rings is 2. The van der Waals surface area contributed by atoms with Gasteiger partial charge in [-0.15, -0.1) is 11.3 Å². The first-order valence-electron chi connectivity index (χ1n) is 7.42. The first-order valence-corrected chi connectivity index (χ1v) is 8.68. The smallest absolute Gasteiger partial charge is 0.248 e. The minimum Gasteiger partial charge on any atom is -0.366 e. The molecule has 0 aliphatic heterocycles. The van der Waals surface area contributed by atoms with Crippen molar-refractivity contribution in [3.8, 4) is 10.6 Å². The third kappa shape index (κ3) is 4.23. The number of anilines is 1. The van der Waals surface area contributed by atoms with E-state index < -0.39 is 5.91 Å². The number of halogens is 1. The Morgan fingerprint density at radius 2 is 1.96 bits per heavy atom. The lowest BCUT2D eigenvalue weighted by Gasteiger charge is -2.05. The molecule has 1 aromatic heterocycles. The Hall–Kier alpha value is -2.70. The van der Waals surface area contributed by atoms with Crippen LogP contribution in [0.15, 0.2) is 53.9 Å². The lowest BCUT2D eigenvalue weighted by Crippen LogP contribution is -2.16. The zero-order valence-corrected chi connectivity index (χ0v) is 14.6.